The van der Waals surface area contributed by atoms with Gasteiger partial charge in [-0.2, -0.15) is 0 Å². The van der Waals surface area contributed by atoms with E-state index in [1.807, 2.05) is 11.0 Å². The van der Waals surface area contributed by atoms with Crippen molar-refractivity contribution >= 4 is 16.9 Å². The number of amides is 2. The molecule has 4 nitrogen and oxygen atoms in total. The van der Waals surface area contributed by atoms with Crippen LogP contribution < -0.4 is 5.32 Å². The van der Waals surface area contributed by atoms with Crippen molar-refractivity contribution in [3.8, 4) is 0 Å². The first kappa shape index (κ1) is 13.7. The molecule has 1 aromatic heterocycles. The van der Waals surface area contributed by atoms with Crippen LogP contribution in [0.3, 0.4) is 0 Å². The fraction of sp³-hybridized carbons (Fsp3) is 0.250. The fourth-order valence-corrected chi connectivity index (χ4v) is 4.27. The molecule has 24 heavy (non-hydrogen) atoms. The summed E-state index contributed by atoms with van der Waals surface area (Å²) in [7, 11) is 0. The van der Waals surface area contributed by atoms with Gasteiger partial charge in [0.05, 0.1) is 12.1 Å². The van der Waals surface area contributed by atoms with Crippen molar-refractivity contribution in [3.63, 3.8) is 0 Å². The smallest absolute Gasteiger partial charge is 0.318 e. The predicted octanol–water partition coefficient (Wildman–Crippen LogP) is 3.40. The van der Waals surface area contributed by atoms with Crippen LogP contribution in [0.1, 0.15) is 22.9 Å². The molecule has 3 aromatic rings. The maximum Gasteiger partial charge on any atom is 0.318 e. The molecule has 0 unspecified atom stereocenters. The second-order valence-electron chi connectivity index (χ2n) is 6.70. The highest BCUT2D eigenvalue weighted by Gasteiger charge is 2.44. The van der Waals surface area contributed by atoms with E-state index in [0.29, 0.717) is 0 Å². The molecule has 2 amide bonds. The summed E-state index contributed by atoms with van der Waals surface area (Å²) < 4.78 is 0. The normalized spacial score (nSPS) is 22.3. The summed E-state index contributed by atoms with van der Waals surface area (Å²) in [6.45, 7) is 0.788. The van der Waals surface area contributed by atoms with E-state index in [9.17, 15) is 4.79 Å². The van der Waals surface area contributed by atoms with Crippen LogP contribution in [-0.4, -0.2) is 28.5 Å². The molecule has 2 N–H and O–H groups in total. The Labute approximate surface area is 140 Å². The van der Waals surface area contributed by atoms with Crippen LogP contribution in [0, 0.1) is 0 Å². The monoisotopic (exact) mass is 317 g/mol. The van der Waals surface area contributed by atoms with Crippen LogP contribution >= 0.6 is 0 Å². The zero-order chi connectivity index (χ0) is 16.1. The van der Waals surface area contributed by atoms with E-state index < -0.39 is 0 Å². The number of nitrogens with one attached hydrogen (secondary N) is 2. The number of benzene rings is 2. The van der Waals surface area contributed by atoms with Crippen molar-refractivity contribution in [3.05, 3.63) is 71.4 Å². The number of H-pyrrole nitrogens is 1. The van der Waals surface area contributed by atoms with Crippen LogP contribution in [0.25, 0.3) is 10.9 Å². The van der Waals surface area contributed by atoms with Crippen molar-refractivity contribution in [1.82, 2.24) is 15.2 Å². The first-order valence-corrected chi connectivity index (χ1v) is 8.52. The lowest BCUT2D eigenvalue weighted by Crippen LogP contribution is -2.36. The minimum atomic E-state index is 0.0604. The fourth-order valence-electron chi connectivity index (χ4n) is 4.27. The molecule has 0 radical (unpaired) electrons. The SMILES string of the molecule is O=C1N[C@@H](Cc2ccccc2)[C@@H]2c3[nH]c4ccccc4c3CCN12. The molecule has 0 aliphatic carbocycles. The number of rotatable bonds is 2. The summed E-state index contributed by atoms with van der Waals surface area (Å²) in [4.78, 5) is 18.0. The van der Waals surface area contributed by atoms with E-state index >= 15 is 0 Å². The second kappa shape index (κ2) is 5.13. The Bertz CT molecular complexity index is 915. The van der Waals surface area contributed by atoms with Crippen molar-refractivity contribution < 1.29 is 4.79 Å². The molecular formula is C20H19N3O. The number of urea groups is 1. The maximum atomic E-state index is 12.4. The zero-order valence-electron chi connectivity index (χ0n) is 13.3. The summed E-state index contributed by atoms with van der Waals surface area (Å²) in [6, 6.07) is 19.1. The summed E-state index contributed by atoms with van der Waals surface area (Å²) in [5.74, 6) is 0. The summed E-state index contributed by atoms with van der Waals surface area (Å²) in [5, 5.41) is 4.49. The highest BCUT2D eigenvalue weighted by Crippen LogP contribution is 2.39. The van der Waals surface area contributed by atoms with E-state index in [-0.39, 0.29) is 18.1 Å². The van der Waals surface area contributed by atoms with Crippen molar-refractivity contribution in [2.75, 3.05) is 6.54 Å². The van der Waals surface area contributed by atoms with Gasteiger partial charge >= 0.3 is 6.03 Å². The van der Waals surface area contributed by atoms with Gasteiger partial charge in [-0.1, -0.05) is 48.5 Å². The molecule has 0 spiro atoms. The number of nitrogens with zero attached hydrogens (tertiary/aromatic N) is 1. The Hall–Kier alpha value is -2.75. The summed E-state index contributed by atoms with van der Waals surface area (Å²) in [5.41, 5.74) is 5.01. The Kier molecular flexibility index (Phi) is 2.92. The van der Waals surface area contributed by atoms with Crippen LogP contribution in [0.5, 0.6) is 0 Å². The molecule has 2 atom stereocenters. The van der Waals surface area contributed by atoms with E-state index in [1.54, 1.807) is 0 Å². The maximum absolute atomic E-state index is 12.4. The van der Waals surface area contributed by atoms with Gasteiger partial charge in [0, 0.05) is 23.1 Å². The first-order valence-electron chi connectivity index (χ1n) is 8.52. The minimum Gasteiger partial charge on any atom is -0.356 e. The van der Waals surface area contributed by atoms with Crippen LogP contribution in [0.15, 0.2) is 54.6 Å². The number of aromatic nitrogens is 1. The highest BCUT2D eigenvalue weighted by atomic mass is 16.2. The van der Waals surface area contributed by atoms with Crippen LogP contribution in [0.4, 0.5) is 4.79 Å². The van der Waals surface area contributed by atoms with E-state index in [1.165, 1.54) is 27.7 Å². The standard InChI is InChI=1S/C20H19N3O/c24-20-22-17(12-13-6-2-1-3-7-13)19-18-15(10-11-23(19)20)14-8-4-5-9-16(14)21-18/h1-9,17,19,21H,10-12H2,(H,22,24)/t17-,19+/m0/s1. The Morgan fingerprint density at radius 2 is 1.83 bits per heavy atom. The minimum absolute atomic E-state index is 0.0604. The number of fused-ring (bicyclic) bond motifs is 5. The van der Waals surface area contributed by atoms with Gasteiger partial charge < -0.3 is 15.2 Å². The largest absolute Gasteiger partial charge is 0.356 e. The average molecular weight is 317 g/mol. The molecule has 0 bridgehead atoms. The van der Waals surface area contributed by atoms with Gasteiger partial charge in [-0.3, -0.25) is 0 Å². The summed E-state index contributed by atoms with van der Waals surface area (Å²) >= 11 is 0. The van der Waals surface area contributed by atoms with Crippen molar-refractivity contribution in [2.45, 2.75) is 24.9 Å². The molecular weight excluding hydrogens is 298 g/mol. The lowest BCUT2D eigenvalue weighted by atomic mass is 9.91. The van der Waals surface area contributed by atoms with Gasteiger partial charge in [-0.15, -0.1) is 0 Å². The lowest BCUT2D eigenvalue weighted by Gasteiger charge is -2.31. The van der Waals surface area contributed by atoms with Crippen LogP contribution in [-0.2, 0) is 12.8 Å². The van der Waals surface area contributed by atoms with Crippen molar-refractivity contribution in [2.24, 2.45) is 0 Å². The summed E-state index contributed by atoms with van der Waals surface area (Å²) in [6.07, 6.45) is 1.77. The molecule has 2 aliphatic heterocycles. The topological polar surface area (TPSA) is 48.1 Å². The molecule has 1 fully saturated rings. The third-order valence-electron chi connectivity index (χ3n) is 5.33. The van der Waals surface area contributed by atoms with Gasteiger partial charge in [0.2, 0.25) is 0 Å². The zero-order valence-corrected chi connectivity index (χ0v) is 13.3. The molecule has 3 heterocycles. The Morgan fingerprint density at radius 1 is 1.04 bits per heavy atom. The Balaban J connectivity index is 1.58. The predicted molar refractivity (Wildman–Crippen MR) is 93.9 cm³/mol. The second-order valence-corrected chi connectivity index (χ2v) is 6.70. The van der Waals surface area contributed by atoms with Crippen LogP contribution in [0.2, 0.25) is 0 Å². The van der Waals surface area contributed by atoms with E-state index in [4.69, 9.17) is 0 Å². The number of carbonyl (C=O) groups is 1. The third kappa shape index (κ3) is 1.96. The number of para-hydroxylation sites is 1. The number of hydrogen-bond acceptors (Lipinski definition) is 1. The molecule has 1 saturated heterocycles. The molecule has 4 heteroatoms. The van der Waals surface area contributed by atoms with Gasteiger partial charge in [0.15, 0.2) is 0 Å². The van der Waals surface area contributed by atoms with Crippen molar-refractivity contribution in [1.29, 1.82) is 0 Å². The molecule has 120 valence electrons. The lowest BCUT2D eigenvalue weighted by molar-refractivity contribution is 0.197. The van der Waals surface area contributed by atoms with E-state index in [2.05, 4.69) is 58.8 Å². The number of hydrogen-bond donors (Lipinski definition) is 2. The Morgan fingerprint density at radius 3 is 2.71 bits per heavy atom. The molecule has 0 saturated carbocycles. The van der Waals surface area contributed by atoms with E-state index in [0.717, 1.165) is 19.4 Å². The molecule has 5 rings (SSSR count). The highest BCUT2D eigenvalue weighted by molar-refractivity contribution is 5.87. The van der Waals surface area contributed by atoms with Gasteiger partial charge in [-0.05, 0) is 30.0 Å². The van der Waals surface area contributed by atoms with Gasteiger partial charge in [-0.25, -0.2) is 4.79 Å². The number of aromatic amines is 1. The first-order chi connectivity index (χ1) is 11.8. The molecule has 2 aliphatic rings. The quantitative estimate of drug-likeness (QED) is 0.748. The van der Waals surface area contributed by atoms with Gasteiger partial charge in [0.1, 0.15) is 0 Å². The molecule has 2 aromatic carbocycles. The number of carbonyl (C=O) groups excluding carboxylic acids is 1. The van der Waals surface area contributed by atoms with Gasteiger partial charge in [0.25, 0.3) is 0 Å². The third-order valence-corrected chi connectivity index (χ3v) is 5.33. The average Bonchev–Trinajstić information content (AvgIpc) is 3.14.